The average molecular weight is 827 g/mol. The van der Waals surface area contributed by atoms with E-state index in [1.807, 2.05) is 0 Å². The van der Waals surface area contributed by atoms with E-state index in [0.29, 0.717) is 19.3 Å². The monoisotopic (exact) mass is 827 g/mol. The molecule has 0 radical (unpaired) electrons. The molecule has 0 amide bonds. The van der Waals surface area contributed by atoms with Crippen molar-refractivity contribution in [3.8, 4) is 0 Å². The van der Waals surface area contributed by atoms with Crippen molar-refractivity contribution < 1.29 is 28.6 Å². The quantitative estimate of drug-likeness (QED) is 0.0263. The first-order chi connectivity index (χ1) is 29.0. The molecule has 0 aromatic heterocycles. The molecule has 0 aromatic carbocycles. The SMILES string of the molecule is CC/C=C\C/C=C\C/C=C\C/C=C\CCCCC(=O)OC(COC(=O)CCCCCCCCCCCC)COC(=O)CCCCCCCCCCCCCCCCCC. The minimum absolute atomic E-state index is 0.0864. The van der Waals surface area contributed by atoms with E-state index in [0.717, 1.165) is 77.0 Å². The lowest BCUT2D eigenvalue weighted by Gasteiger charge is -2.18. The van der Waals surface area contributed by atoms with Crippen molar-refractivity contribution in [1.82, 2.24) is 0 Å². The number of hydrogen-bond acceptors (Lipinski definition) is 6. The molecule has 1 unspecified atom stereocenters. The summed E-state index contributed by atoms with van der Waals surface area (Å²) in [6.07, 6.45) is 56.7. The fourth-order valence-corrected chi connectivity index (χ4v) is 7.08. The molecule has 0 aliphatic heterocycles. The lowest BCUT2D eigenvalue weighted by atomic mass is 10.0. The number of carbonyl (C=O) groups is 3. The molecule has 0 aromatic rings. The maximum atomic E-state index is 12.7. The molecule has 0 spiro atoms. The molecule has 342 valence electrons. The first-order valence-electron chi connectivity index (χ1n) is 25.1. The van der Waals surface area contributed by atoms with Crippen LogP contribution in [0.1, 0.15) is 252 Å². The molecular formula is C53H94O6. The summed E-state index contributed by atoms with van der Waals surface area (Å²) in [5.41, 5.74) is 0. The highest BCUT2D eigenvalue weighted by atomic mass is 16.6. The van der Waals surface area contributed by atoms with Gasteiger partial charge in [0.2, 0.25) is 0 Å². The molecule has 0 fully saturated rings. The first kappa shape index (κ1) is 56.4. The van der Waals surface area contributed by atoms with Crippen LogP contribution < -0.4 is 0 Å². The average Bonchev–Trinajstić information content (AvgIpc) is 3.23. The molecule has 0 bridgehead atoms. The van der Waals surface area contributed by atoms with Crippen LogP contribution in [0.4, 0.5) is 0 Å². The second kappa shape index (κ2) is 48.0. The highest BCUT2D eigenvalue weighted by Crippen LogP contribution is 2.15. The van der Waals surface area contributed by atoms with Gasteiger partial charge in [0.15, 0.2) is 6.10 Å². The van der Waals surface area contributed by atoms with Gasteiger partial charge in [-0.05, 0) is 57.8 Å². The first-order valence-corrected chi connectivity index (χ1v) is 25.1. The zero-order chi connectivity index (χ0) is 43.0. The topological polar surface area (TPSA) is 78.9 Å². The van der Waals surface area contributed by atoms with E-state index in [1.54, 1.807) is 0 Å². The van der Waals surface area contributed by atoms with Crippen molar-refractivity contribution in [3.05, 3.63) is 48.6 Å². The van der Waals surface area contributed by atoms with Crippen molar-refractivity contribution in [3.63, 3.8) is 0 Å². The van der Waals surface area contributed by atoms with Crippen LogP contribution in [-0.4, -0.2) is 37.2 Å². The Morgan fingerprint density at radius 1 is 0.356 bits per heavy atom. The van der Waals surface area contributed by atoms with E-state index in [-0.39, 0.29) is 37.5 Å². The highest BCUT2D eigenvalue weighted by molar-refractivity contribution is 5.71. The smallest absolute Gasteiger partial charge is 0.306 e. The van der Waals surface area contributed by atoms with Gasteiger partial charge in [-0.2, -0.15) is 0 Å². The van der Waals surface area contributed by atoms with E-state index in [4.69, 9.17) is 14.2 Å². The number of ether oxygens (including phenoxy) is 3. The summed E-state index contributed by atoms with van der Waals surface area (Å²) in [6, 6.07) is 0. The molecule has 6 heteroatoms. The van der Waals surface area contributed by atoms with E-state index in [9.17, 15) is 14.4 Å². The van der Waals surface area contributed by atoms with Crippen LogP contribution in [-0.2, 0) is 28.6 Å². The number of hydrogen-bond donors (Lipinski definition) is 0. The molecule has 59 heavy (non-hydrogen) atoms. The van der Waals surface area contributed by atoms with Gasteiger partial charge < -0.3 is 14.2 Å². The molecule has 1 atom stereocenters. The van der Waals surface area contributed by atoms with Gasteiger partial charge in [0.1, 0.15) is 13.2 Å². The summed E-state index contributed by atoms with van der Waals surface area (Å²) in [5, 5.41) is 0. The Labute approximate surface area is 365 Å². The maximum absolute atomic E-state index is 12.7. The largest absolute Gasteiger partial charge is 0.462 e. The Morgan fingerprint density at radius 2 is 0.661 bits per heavy atom. The Bertz CT molecular complexity index is 1040. The van der Waals surface area contributed by atoms with Crippen molar-refractivity contribution in [2.75, 3.05) is 13.2 Å². The minimum Gasteiger partial charge on any atom is -0.462 e. The second-order valence-electron chi connectivity index (χ2n) is 16.7. The van der Waals surface area contributed by atoms with Gasteiger partial charge in [-0.15, -0.1) is 0 Å². The molecule has 0 saturated heterocycles. The number of unbranched alkanes of at least 4 members (excludes halogenated alkanes) is 26. The van der Waals surface area contributed by atoms with Gasteiger partial charge in [-0.25, -0.2) is 0 Å². The van der Waals surface area contributed by atoms with Crippen molar-refractivity contribution in [2.45, 2.75) is 258 Å². The van der Waals surface area contributed by atoms with Crippen molar-refractivity contribution in [2.24, 2.45) is 0 Å². The standard InChI is InChI=1S/C53H94O6/c1-4-7-10-13-16-19-22-24-26-28-29-31-34-37-40-43-46-52(55)58-49-50(48-57-51(54)45-42-39-36-33-21-18-15-12-9-6-3)59-53(56)47-44-41-38-35-32-30-27-25-23-20-17-14-11-8-5-2/h8,11,17,20,25,27,32,35,50H,4-7,9-10,12-16,18-19,21-24,26,28-31,33-34,36-49H2,1-3H3/b11-8-,20-17-,27-25-,35-32-. The van der Waals surface area contributed by atoms with Crippen LogP contribution in [0, 0.1) is 0 Å². The highest BCUT2D eigenvalue weighted by Gasteiger charge is 2.19. The summed E-state index contributed by atoms with van der Waals surface area (Å²) < 4.78 is 16.7. The summed E-state index contributed by atoms with van der Waals surface area (Å²) in [5.74, 6) is -0.922. The Kier molecular flexibility index (Phi) is 45.9. The van der Waals surface area contributed by atoms with Gasteiger partial charge in [-0.3, -0.25) is 14.4 Å². The molecule has 0 rings (SSSR count). The second-order valence-corrected chi connectivity index (χ2v) is 16.7. The molecule has 0 aliphatic carbocycles. The fraction of sp³-hybridized carbons (Fsp3) is 0.792. The third-order valence-corrected chi connectivity index (χ3v) is 10.8. The predicted octanol–water partition coefficient (Wildman–Crippen LogP) is 16.3. The molecular weight excluding hydrogens is 733 g/mol. The number of esters is 3. The van der Waals surface area contributed by atoms with Gasteiger partial charge >= 0.3 is 17.9 Å². The van der Waals surface area contributed by atoms with E-state index >= 15 is 0 Å². The molecule has 6 nitrogen and oxygen atoms in total. The number of rotatable bonds is 45. The Balaban J connectivity index is 4.39. The molecule has 0 N–H and O–H groups in total. The third kappa shape index (κ3) is 46.3. The van der Waals surface area contributed by atoms with Gasteiger partial charge in [-0.1, -0.05) is 223 Å². The van der Waals surface area contributed by atoms with Crippen LogP contribution >= 0.6 is 0 Å². The Morgan fingerprint density at radius 3 is 1.03 bits per heavy atom. The van der Waals surface area contributed by atoms with E-state index < -0.39 is 6.10 Å². The molecule has 0 heterocycles. The summed E-state index contributed by atoms with van der Waals surface area (Å²) in [6.45, 7) is 6.49. The summed E-state index contributed by atoms with van der Waals surface area (Å²) in [7, 11) is 0. The summed E-state index contributed by atoms with van der Waals surface area (Å²) in [4.78, 5) is 37.8. The molecule has 0 aliphatic rings. The fourth-order valence-electron chi connectivity index (χ4n) is 7.08. The normalized spacial score (nSPS) is 12.4. The van der Waals surface area contributed by atoms with Gasteiger partial charge in [0.05, 0.1) is 0 Å². The van der Waals surface area contributed by atoms with Crippen LogP contribution in [0.15, 0.2) is 48.6 Å². The number of allylic oxidation sites excluding steroid dienone is 8. The third-order valence-electron chi connectivity index (χ3n) is 10.8. The minimum atomic E-state index is -0.789. The van der Waals surface area contributed by atoms with Crippen molar-refractivity contribution >= 4 is 17.9 Å². The molecule has 0 saturated carbocycles. The van der Waals surface area contributed by atoms with E-state index in [2.05, 4.69) is 69.4 Å². The zero-order valence-corrected chi connectivity index (χ0v) is 39.0. The maximum Gasteiger partial charge on any atom is 0.306 e. The van der Waals surface area contributed by atoms with Crippen LogP contribution in [0.5, 0.6) is 0 Å². The van der Waals surface area contributed by atoms with E-state index in [1.165, 1.54) is 128 Å². The number of carbonyl (C=O) groups excluding carboxylic acids is 3. The lowest BCUT2D eigenvalue weighted by Crippen LogP contribution is -2.30. The van der Waals surface area contributed by atoms with Crippen molar-refractivity contribution in [1.29, 1.82) is 0 Å². The van der Waals surface area contributed by atoms with Crippen LogP contribution in [0.2, 0.25) is 0 Å². The van der Waals surface area contributed by atoms with Gasteiger partial charge in [0, 0.05) is 19.3 Å². The zero-order valence-electron chi connectivity index (χ0n) is 39.0. The predicted molar refractivity (Wildman–Crippen MR) is 252 cm³/mol. The summed E-state index contributed by atoms with van der Waals surface area (Å²) >= 11 is 0. The lowest BCUT2D eigenvalue weighted by molar-refractivity contribution is -0.167. The Hall–Kier alpha value is -2.63. The van der Waals surface area contributed by atoms with Crippen LogP contribution in [0.25, 0.3) is 0 Å². The van der Waals surface area contributed by atoms with Crippen LogP contribution in [0.3, 0.4) is 0 Å². The van der Waals surface area contributed by atoms with Gasteiger partial charge in [0.25, 0.3) is 0 Å².